The molecule has 1 aliphatic carbocycles. The molecule has 0 spiro atoms. The molecule has 146 valence electrons. The maximum Gasteiger partial charge on any atom is 0.194 e. The lowest BCUT2D eigenvalue weighted by Gasteiger charge is -2.23. The van der Waals surface area contributed by atoms with Crippen LogP contribution in [-0.2, 0) is 13.6 Å². The number of halogens is 1. The van der Waals surface area contributed by atoms with E-state index < -0.39 is 0 Å². The van der Waals surface area contributed by atoms with Crippen LogP contribution in [0.4, 0.5) is 0 Å². The fourth-order valence-corrected chi connectivity index (χ4v) is 3.89. The van der Waals surface area contributed by atoms with E-state index in [0.717, 1.165) is 36.6 Å². The van der Waals surface area contributed by atoms with Gasteiger partial charge < -0.3 is 19.7 Å². The monoisotopic (exact) mass is 473 g/mol. The summed E-state index contributed by atoms with van der Waals surface area (Å²) in [4.78, 5) is 9.99. The minimum Gasteiger partial charge on any atom is -0.353 e. The molecule has 2 aliphatic heterocycles. The summed E-state index contributed by atoms with van der Waals surface area (Å²) in [6.07, 6.45) is 6.58. The molecule has 1 aromatic rings. The van der Waals surface area contributed by atoms with E-state index in [-0.39, 0.29) is 24.0 Å². The van der Waals surface area contributed by atoms with Crippen LogP contribution in [0.2, 0.25) is 0 Å². The van der Waals surface area contributed by atoms with Gasteiger partial charge in [-0.15, -0.1) is 34.2 Å². The van der Waals surface area contributed by atoms with Crippen LogP contribution in [0.25, 0.3) is 0 Å². The molecular weight excluding hydrogens is 441 g/mol. The summed E-state index contributed by atoms with van der Waals surface area (Å²) >= 11 is 0. The highest BCUT2D eigenvalue weighted by Gasteiger charge is 2.30. The van der Waals surface area contributed by atoms with E-state index in [1.54, 1.807) is 0 Å². The SMILES string of the molecule is Cc1nnc(CN=C(NC2CC2)N2CCC(CN3CCCC3)C2)n1C.I. The zero-order chi connectivity index (χ0) is 17.2. The van der Waals surface area contributed by atoms with Crippen LogP contribution in [0.15, 0.2) is 4.99 Å². The second-order valence-electron chi connectivity index (χ2n) is 7.89. The van der Waals surface area contributed by atoms with Crippen LogP contribution in [0.3, 0.4) is 0 Å². The van der Waals surface area contributed by atoms with Gasteiger partial charge in [0.2, 0.25) is 0 Å². The number of guanidine groups is 1. The minimum absolute atomic E-state index is 0. The fraction of sp³-hybridized carbons (Fsp3) is 0.833. The van der Waals surface area contributed by atoms with Gasteiger partial charge in [-0.1, -0.05) is 0 Å². The van der Waals surface area contributed by atoms with Crippen molar-refractivity contribution in [3.05, 3.63) is 11.6 Å². The van der Waals surface area contributed by atoms with Crippen LogP contribution in [0.5, 0.6) is 0 Å². The number of nitrogens with zero attached hydrogens (tertiary/aromatic N) is 6. The molecule has 0 bridgehead atoms. The van der Waals surface area contributed by atoms with Gasteiger partial charge in [-0.25, -0.2) is 4.99 Å². The Morgan fingerprint density at radius 2 is 1.92 bits per heavy atom. The molecule has 0 radical (unpaired) electrons. The smallest absolute Gasteiger partial charge is 0.194 e. The zero-order valence-electron chi connectivity index (χ0n) is 16.0. The third-order valence-corrected chi connectivity index (χ3v) is 5.76. The molecule has 0 aromatic carbocycles. The van der Waals surface area contributed by atoms with Gasteiger partial charge >= 0.3 is 0 Å². The lowest BCUT2D eigenvalue weighted by Crippen LogP contribution is -2.42. The molecule has 1 aromatic heterocycles. The number of hydrogen-bond acceptors (Lipinski definition) is 4. The number of likely N-dealkylation sites (tertiary alicyclic amines) is 2. The minimum atomic E-state index is 0. The topological polar surface area (TPSA) is 61.6 Å². The number of aliphatic imine (C=N–C) groups is 1. The van der Waals surface area contributed by atoms with Gasteiger partial charge in [0.15, 0.2) is 11.8 Å². The van der Waals surface area contributed by atoms with Crippen molar-refractivity contribution in [1.29, 1.82) is 0 Å². The number of aromatic nitrogens is 3. The fourth-order valence-electron chi connectivity index (χ4n) is 3.89. The van der Waals surface area contributed by atoms with Gasteiger partial charge in [-0.05, 0) is 58.0 Å². The predicted molar refractivity (Wildman–Crippen MR) is 114 cm³/mol. The molecule has 3 aliphatic rings. The molecular formula is C18H32IN7. The third-order valence-electron chi connectivity index (χ3n) is 5.76. The van der Waals surface area contributed by atoms with E-state index in [1.807, 2.05) is 18.5 Å². The summed E-state index contributed by atoms with van der Waals surface area (Å²) < 4.78 is 2.03. The van der Waals surface area contributed by atoms with Crippen molar-refractivity contribution in [2.75, 3.05) is 32.7 Å². The van der Waals surface area contributed by atoms with Gasteiger partial charge in [0.1, 0.15) is 12.4 Å². The Bertz CT molecular complexity index is 619. The summed E-state index contributed by atoms with van der Waals surface area (Å²) in [7, 11) is 2.01. The Morgan fingerprint density at radius 3 is 2.58 bits per heavy atom. The van der Waals surface area contributed by atoms with Gasteiger partial charge in [0.05, 0.1) is 0 Å². The first kappa shape index (κ1) is 19.9. The first-order valence-electron chi connectivity index (χ1n) is 9.82. The Kier molecular flexibility index (Phi) is 6.76. The number of rotatable bonds is 5. The van der Waals surface area contributed by atoms with E-state index >= 15 is 0 Å². The average molecular weight is 473 g/mol. The summed E-state index contributed by atoms with van der Waals surface area (Å²) in [6, 6.07) is 0.623. The lowest BCUT2D eigenvalue weighted by molar-refractivity contribution is 0.281. The van der Waals surface area contributed by atoms with E-state index in [4.69, 9.17) is 4.99 Å². The molecule has 0 amide bonds. The van der Waals surface area contributed by atoms with E-state index in [9.17, 15) is 0 Å². The number of nitrogens with one attached hydrogen (secondary N) is 1. The van der Waals surface area contributed by atoms with Crippen molar-refractivity contribution in [1.82, 2.24) is 29.9 Å². The van der Waals surface area contributed by atoms with Crippen molar-refractivity contribution in [2.45, 2.75) is 51.6 Å². The van der Waals surface area contributed by atoms with Gasteiger partial charge in [-0.2, -0.15) is 0 Å². The molecule has 4 rings (SSSR count). The van der Waals surface area contributed by atoms with Crippen molar-refractivity contribution in [2.24, 2.45) is 18.0 Å². The molecule has 7 nitrogen and oxygen atoms in total. The van der Waals surface area contributed by atoms with Crippen molar-refractivity contribution in [3.63, 3.8) is 0 Å². The summed E-state index contributed by atoms with van der Waals surface area (Å²) in [5.41, 5.74) is 0. The first-order valence-corrected chi connectivity index (χ1v) is 9.82. The highest BCUT2D eigenvalue weighted by Crippen LogP contribution is 2.23. The van der Waals surface area contributed by atoms with Crippen molar-refractivity contribution in [3.8, 4) is 0 Å². The Balaban J connectivity index is 0.00000196. The quantitative estimate of drug-likeness (QED) is 0.402. The molecule has 2 saturated heterocycles. The number of hydrogen-bond donors (Lipinski definition) is 1. The molecule has 8 heteroatoms. The summed E-state index contributed by atoms with van der Waals surface area (Å²) in [5, 5.41) is 12.0. The highest BCUT2D eigenvalue weighted by molar-refractivity contribution is 14.0. The molecule has 1 N–H and O–H groups in total. The van der Waals surface area contributed by atoms with Gasteiger partial charge in [-0.3, -0.25) is 0 Å². The Morgan fingerprint density at radius 1 is 1.15 bits per heavy atom. The largest absolute Gasteiger partial charge is 0.353 e. The van der Waals surface area contributed by atoms with Crippen LogP contribution < -0.4 is 5.32 Å². The van der Waals surface area contributed by atoms with Crippen molar-refractivity contribution >= 4 is 29.9 Å². The van der Waals surface area contributed by atoms with E-state index in [1.165, 1.54) is 51.7 Å². The normalized spacial score (nSPS) is 24.2. The van der Waals surface area contributed by atoms with Crippen LogP contribution in [-0.4, -0.2) is 69.3 Å². The predicted octanol–water partition coefficient (Wildman–Crippen LogP) is 1.77. The maximum atomic E-state index is 4.89. The Labute approximate surface area is 173 Å². The standard InChI is InChI=1S/C18H31N7.HI/c1-14-21-22-17(23(14)2)11-19-18(20-16-5-6-16)25-10-7-15(13-25)12-24-8-3-4-9-24;/h15-16H,3-13H2,1-2H3,(H,19,20);1H. The molecule has 3 fully saturated rings. The second kappa shape index (κ2) is 8.86. The first-order chi connectivity index (χ1) is 12.2. The van der Waals surface area contributed by atoms with E-state index in [0.29, 0.717) is 12.6 Å². The van der Waals surface area contributed by atoms with Crippen LogP contribution >= 0.6 is 24.0 Å². The maximum absolute atomic E-state index is 4.89. The Hall–Kier alpha value is -0.900. The van der Waals surface area contributed by atoms with Crippen molar-refractivity contribution < 1.29 is 0 Å². The summed E-state index contributed by atoms with van der Waals surface area (Å²) in [5.74, 6) is 3.72. The molecule has 3 heterocycles. The molecule has 26 heavy (non-hydrogen) atoms. The lowest BCUT2D eigenvalue weighted by atomic mass is 10.1. The van der Waals surface area contributed by atoms with Gasteiger partial charge in [0.25, 0.3) is 0 Å². The van der Waals surface area contributed by atoms with Gasteiger partial charge in [0, 0.05) is 32.7 Å². The zero-order valence-corrected chi connectivity index (χ0v) is 18.4. The third kappa shape index (κ3) is 4.88. The average Bonchev–Trinajstić information content (AvgIpc) is 2.99. The molecule has 1 unspecified atom stereocenters. The number of aryl methyl sites for hydroxylation is 1. The van der Waals surface area contributed by atoms with E-state index in [2.05, 4.69) is 25.3 Å². The summed E-state index contributed by atoms with van der Waals surface area (Å²) in [6.45, 7) is 8.68. The highest BCUT2D eigenvalue weighted by atomic mass is 127. The second-order valence-corrected chi connectivity index (χ2v) is 7.89. The van der Waals surface area contributed by atoms with Crippen LogP contribution in [0.1, 0.15) is 43.8 Å². The molecule has 1 atom stereocenters. The van der Waals surface area contributed by atoms with Crippen LogP contribution in [0, 0.1) is 12.8 Å². The molecule has 1 saturated carbocycles.